The lowest BCUT2D eigenvalue weighted by atomic mass is 9.63. The van der Waals surface area contributed by atoms with E-state index in [9.17, 15) is 9.59 Å². The van der Waals surface area contributed by atoms with E-state index in [1.807, 2.05) is 0 Å². The number of carboxylic acids is 1. The number of carbonyl (C=O) groups excluding carboxylic acids is 1. The second-order valence-corrected chi connectivity index (χ2v) is 5.23. The lowest BCUT2D eigenvalue weighted by Gasteiger charge is -2.41. The Morgan fingerprint density at radius 3 is 1.94 bits per heavy atom. The number of rotatable bonds is 2. The van der Waals surface area contributed by atoms with Crippen LogP contribution in [0.2, 0.25) is 0 Å². The number of hydrogen-bond donors (Lipinski definition) is 2. The third-order valence-electron chi connectivity index (χ3n) is 4.35. The topological polar surface area (TPSA) is 80.4 Å². The molecule has 0 radical (unpaired) electrons. The molecule has 4 unspecified atom stereocenters. The average Bonchev–Trinajstić information content (AvgIpc) is 2.27. The van der Waals surface area contributed by atoms with E-state index in [1.165, 1.54) is 12.8 Å². The van der Waals surface area contributed by atoms with Gasteiger partial charge in [-0.15, -0.1) is 0 Å². The fourth-order valence-corrected chi connectivity index (χ4v) is 3.47. The zero-order chi connectivity index (χ0) is 11.7. The molecule has 0 saturated heterocycles. The molecule has 2 fully saturated rings. The van der Waals surface area contributed by atoms with Crippen molar-refractivity contribution in [1.82, 2.24) is 0 Å². The van der Waals surface area contributed by atoms with E-state index < -0.39 is 23.7 Å². The summed E-state index contributed by atoms with van der Waals surface area (Å²) in [6.07, 6.45) is 6.02. The van der Waals surface area contributed by atoms with Gasteiger partial charge in [0.2, 0.25) is 5.91 Å². The maximum absolute atomic E-state index is 11.3. The summed E-state index contributed by atoms with van der Waals surface area (Å²) in [5, 5.41) is 9.14. The summed E-state index contributed by atoms with van der Waals surface area (Å²) in [7, 11) is 0. The van der Waals surface area contributed by atoms with Crippen LogP contribution in [-0.4, -0.2) is 17.0 Å². The van der Waals surface area contributed by atoms with Gasteiger partial charge in [0.05, 0.1) is 11.8 Å². The van der Waals surface area contributed by atoms with E-state index in [-0.39, 0.29) is 0 Å². The number of carboxylic acid groups (broad SMARTS) is 1. The van der Waals surface area contributed by atoms with E-state index >= 15 is 0 Å². The van der Waals surface area contributed by atoms with Crippen molar-refractivity contribution in [2.45, 2.75) is 38.5 Å². The predicted octanol–water partition coefficient (Wildman–Crippen LogP) is 1.39. The van der Waals surface area contributed by atoms with Crippen molar-refractivity contribution < 1.29 is 14.7 Å². The smallest absolute Gasteiger partial charge is 0.307 e. The van der Waals surface area contributed by atoms with Gasteiger partial charge in [-0.25, -0.2) is 0 Å². The molecule has 2 aliphatic rings. The minimum absolute atomic E-state index is 0.434. The van der Waals surface area contributed by atoms with Gasteiger partial charge in [0.1, 0.15) is 0 Å². The second-order valence-electron chi connectivity index (χ2n) is 5.23. The first kappa shape index (κ1) is 11.4. The second kappa shape index (κ2) is 4.44. The minimum atomic E-state index is -0.854. The highest BCUT2D eigenvalue weighted by Crippen LogP contribution is 2.45. The summed E-state index contributed by atoms with van der Waals surface area (Å²) in [6, 6.07) is 0. The normalized spacial score (nSPS) is 38.8. The van der Waals surface area contributed by atoms with Gasteiger partial charge < -0.3 is 10.8 Å². The molecule has 90 valence electrons. The van der Waals surface area contributed by atoms with Crippen LogP contribution in [0.5, 0.6) is 0 Å². The molecule has 16 heavy (non-hydrogen) atoms. The zero-order valence-electron chi connectivity index (χ0n) is 9.39. The summed E-state index contributed by atoms with van der Waals surface area (Å²) in [5.74, 6) is -1.25. The van der Waals surface area contributed by atoms with E-state index in [1.54, 1.807) is 0 Å². The molecule has 2 saturated carbocycles. The zero-order valence-corrected chi connectivity index (χ0v) is 9.39. The van der Waals surface area contributed by atoms with E-state index in [0.29, 0.717) is 24.7 Å². The Kier molecular flexibility index (Phi) is 3.17. The molecule has 0 aliphatic heterocycles. The Morgan fingerprint density at radius 2 is 1.50 bits per heavy atom. The van der Waals surface area contributed by atoms with Gasteiger partial charge in [-0.1, -0.05) is 25.7 Å². The molecule has 0 heterocycles. The minimum Gasteiger partial charge on any atom is -0.481 e. The van der Waals surface area contributed by atoms with E-state index in [4.69, 9.17) is 10.8 Å². The lowest BCUT2D eigenvalue weighted by Crippen LogP contribution is -2.43. The first-order valence-electron chi connectivity index (χ1n) is 6.11. The molecule has 4 nitrogen and oxygen atoms in total. The molecular weight excluding hydrogens is 206 g/mol. The van der Waals surface area contributed by atoms with Gasteiger partial charge in [0.25, 0.3) is 0 Å². The first-order chi connectivity index (χ1) is 7.59. The van der Waals surface area contributed by atoms with Gasteiger partial charge in [0.15, 0.2) is 0 Å². The Hall–Kier alpha value is -1.06. The average molecular weight is 225 g/mol. The number of hydrogen-bond acceptors (Lipinski definition) is 2. The molecule has 4 atom stereocenters. The molecule has 3 N–H and O–H groups in total. The van der Waals surface area contributed by atoms with Crippen LogP contribution < -0.4 is 5.73 Å². The van der Waals surface area contributed by atoms with Crippen molar-refractivity contribution in [3.63, 3.8) is 0 Å². The lowest BCUT2D eigenvalue weighted by molar-refractivity contribution is -0.150. The molecule has 0 bridgehead atoms. The van der Waals surface area contributed by atoms with Crippen molar-refractivity contribution in [3.05, 3.63) is 0 Å². The predicted molar refractivity (Wildman–Crippen MR) is 58.5 cm³/mol. The van der Waals surface area contributed by atoms with Crippen LogP contribution in [0.4, 0.5) is 0 Å². The van der Waals surface area contributed by atoms with Crippen LogP contribution >= 0.6 is 0 Å². The standard InChI is InChI=1S/C12H19NO3/c13-11(14)9-5-7-3-1-2-4-8(7)6-10(9)12(15)16/h7-10H,1-6H2,(H2,13,14)(H,15,16). The number of carbonyl (C=O) groups is 2. The maximum atomic E-state index is 11.3. The van der Waals surface area contributed by atoms with Gasteiger partial charge in [-0.2, -0.15) is 0 Å². The summed E-state index contributed by atoms with van der Waals surface area (Å²) < 4.78 is 0. The summed E-state index contributed by atoms with van der Waals surface area (Å²) in [6.45, 7) is 0. The Bertz CT molecular complexity index is 273. The number of nitrogens with two attached hydrogens (primary N) is 1. The number of primary amides is 1. The Labute approximate surface area is 95.2 Å². The van der Waals surface area contributed by atoms with Crippen LogP contribution in [0.25, 0.3) is 0 Å². The highest BCUT2D eigenvalue weighted by atomic mass is 16.4. The molecule has 2 rings (SSSR count). The highest BCUT2D eigenvalue weighted by molar-refractivity contribution is 5.83. The van der Waals surface area contributed by atoms with Crippen molar-refractivity contribution in [2.24, 2.45) is 29.4 Å². The van der Waals surface area contributed by atoms with Crippen molar-refractivity contribution in [3.8, 4) is 0 Å². The molecule has 0 aromatic heterocycles. The van der Waals surface area contributed by atoms with Crippen molar-refractivity contribution in [2.75, 3.05) is 0 Å². The third-order valence-corrected chi connectivity index (χ3v) is 4.35. The van der Waals surface area contributed by atoms with E-state index in [2.05, 4.69) is 0 Å². The Balaban J connectivity index is 2.13. The SMILES string of the molecule is NC(=O)C1CC2CCCCC2CC1C(=O)O. The van der Waals surface area contributed by atoms with Crippen LogP contribution in [0.15, 0.2) is 0 Å². The summed E-state index contributed by atoms with van der Waals surface area (Å²) in [4.78, 5) is 22.4. The van der Waals surface area contributed by atoms with Crippen LogP contribution in [0, 0.1) is 23.7 Å². The van der Waals surface area contributed by atoms with Gasteiger partial charge in [0, 0.05) is 0 Å². The van der Waals surface area contributed by atoms with Gasteiger partial charge in [-0.05, 0) is 24.7 Å². The van der Waals surface area contributed by atoms with Crippen LogP contribution in [0.1, 0.15) is 38.5 Å². The van der Waals surface area contributed by atoms with Crippen molar-refractivity contribution >= 4 is 11.9 Å². The third kappa shape index (κ3) is 2.06. The Morgan fingerprint density at radius 1 is 1.00 bits per heavy atom. The highest BCUT2D eigenvalue weighted by Gasteiger charge is 2.43. The molecule has 1 amide bonds. The molecule has 4 heteroatoms. The summed E-state index contributed by atoms with van der Waals surface area (Å²) in [5.41, 5.74) is 5.31. The molecule has 0 aromatic rings. The molecule has 2 aliphatic carbocycles. The number of aliphatic carboxylic acids is 1. The van der Waals surface area contributed by atoms with Gasteiger partial charge in [-0.3, -0.25) is 9.59 Å². The summed E-state index contributed by atoms with van der Waals surface area (Å²) >= 11 is 0. The number of amides is 1. The fourth-order valence-electron chi connectivity index (χ4n) is 3.47. The van der Waals surface area contributed by atoms with Crippen molar-refractivity contribution in [1.29, 1.82) is 0 Å². The number of fused-ring (bicyclic) bond motifs is 1. The molecular formula is C12H19NO3. The van der Waals surface area contributed by atoms with Crippen LogP contribution in [-0.2, 0) is 9.59 Å². The van der Waals surface area contributed by atoms with E-state index in [0.717, 1.165) is 12.8 Å². The van der Waals surface area contributed by atoms with Gasteiger partial charge >= 0.3 is 5.97 Å². The first-order valence-corrected chi connectivity index (χ1v) is 6.11. The monoisotopic (exact) mass is 225 g/mol. The molecule has 0 spiro atoms. The quantitative estimate of drug-likeness (QED) is 0.745. The van der Waals surface area contributed by atoms with Crippen LogP contribution in [0.3, 0.4) is 0 Å². The maximum Gasteiger partial charge on any atom is 0.307 e. The fraction of sp³-hybridized carbons (Fsp3) is 0.833. The largest absolute Gasteiger partial charge is 0.481 e. The molecule has 0 aromatic carbocycles.